The van der Waals surface area contributed by atoms with Crippen LogP contribution in [-0.4, -0.2) is 39.6 Å². The fraction of sp³-hybridized carbons (Fsp3) is 0.412. The number of imidazole rings is 1. The Kier molecular flexibility index (Phi) is 4.90. The van der Waals surface area contributed by atoms with E-state index in [2.05, 4.69) is 10.3 Å². The summed E-state index contributed by atoms with van der Waals surface area (Å²) in [5.74, 6) is -0.228. The van der Waals surface area contributed by atoms with E-state index in [1.54, 1.807) is 24.7 Å². The van der Waals surface area contributed by atoms with Crippen molar-refractivity contribution in [2.75, 3.05) is 13.1 Å². The highest BCUT2D eigenvalue weighted by Crippen LogP contribution is 2.21. The molecule has 23 heavy (non-hydrogen) atoms. The van der Waals surface area contributed by atoms with Crippen molar-refractivity contribution in [2.45, 2.75) is 31.8 Å². The summed E-state index contributed by atoms with van der Waals surface area (Å²) in [5, 5.41) is 2.97. The van der Waals surface area contributed by atoms with Crippen LogP contribution in [0.5, 0.6) is 0 Å². The van der Waals surface area contributed by atoms with E-state index in [4.69, 9.17) is 0 Å². The number of carbonyl (C=O) groups excluding carboxylic acids is 1. The Labute approximate surface area is 135 Å². The van der Waals surface area contributed by atoms with Gasteiger partial charge in [0.1, 0.15) is 5.82 Å². The number of urea groups is 1. The highest BCUT2D eigenvalue weighted by molar-refractivity contribution is 5.74. The SMILES string of the molecule is O=C(NCCn1ccnc1)N1CCCC1Cc1ccc(F)cc1. The van der Waals surface area contributed by atoms with E-state index in [-0.39, 0.29) is 17.9 Å². The molecule has 1 N–H and O–H groups in total. The van der Waals surface area contributed by atoms with Gasteiger partial charge < -0.3 is 14.8 Å². The monoisotopic (exact) mass is 316 g/mol. The molecule has 5 nitrogen and oxygen atoms in total. The largest absolute Gasteiger partial charge is 0.336 e. The number of nitrogens with zero attached hydrogens (tertiary/aromatic N) is 3. The average molecular weight is 316 g/mol. The van der Waals surface area contributed by atoms with Crippen LogP contribution in [0.25, 0.3) is 0 Å². The molecule has 2 aromatic rings. The summed E-state index contributed by atoms with van der Waals surface area (Å²) in [4.78, 5) is 18.2. The molecular formula is C17H21FN4O. The third kappa shape index (κ3) is 4.09. The molecule has 3 rings (SSSR count). The highest BCUT2D eigenvalue weighted by Gasteiger charge is 2.28. The highest BCUT2D eigenvalue weighted by atomic mass is 19.1. The standard InChI is InChI=1S/C17H21FN4O/c18-15-5-3-14(4-6-15)12-16-2-1-9-22(16)17(23)20-8-11-21-10-7-19-13-21/h3-7,10,13,16H,1-2,8-9,11-12H2,(H,20,23). The molecule has 1 fully saturated rings. The molecule has 1 atom stereocenters. The minimum Gasteiger partial charge on any atom is -0.336 e. The minimum absolute atomic E-state index is 0.0188. The average Bonchev–Trinajstić information content (AvgIpc) is 3.21. The quantitative estimate of drug-likeness (QED) is 0.921. The molecule has 122 valence electrons. The number of nitrogens with one attached hydrogen (secondary N) is 1. The molecule has 0 radical (unpaired) electrons. The smallest absolute Gasteiger partial charge is 0.317 e. The van der Waals surface area contributed by atoms with Crippen molar-refractivity contribution in [3.8, 4) is 0 Å². The maximum atomic E-state index is 13.0. The molecule has 1 aliphatic rings. The Balaban J connectivity index is 1.51. The second kappa shape index (κ2) is 7.26. The second-order valence-electron chi connectivity index (χ2n) is 5.85. The van der Waals surface area contributed by atoms with Crippen LogP contribution in [0.1, 0.15) is 18.4 Å². The van der Waals surface area contributed by atoms with Crippen molar-refractivity contribution in [2.24, 2.45) is 0 Å². The van der Waals surface area contributed by atoms with E-state index in [9.17, 15) is 9.18 Å². The first-order valence-corrected chi connectivity index (χ1v) is 7.97. The topological polar surface area (TPSA) is 50.2 Å². The molecular weight excluding hydrogens is 295 g/mol. The lowest BCUT2D eigenvalue weighted by atomic mass is 10.0. The lowest BCUT2D eigenvalue weighted by Crippen LogP contribution is -2.44. The third-order valence-electron chi connectivity index (χ3n) is 4.23. The molecule has 0 aliphatic carbocycles. The normalized spacial score (nSPS) is 17.4. The summed E-state index contributed by atoms with van der Waals surface area (Å²) in [6, 6.07) is 6.70. The zero-order chi connectivity index (χ0) is 16.1. The first-order chi connectivity index (χ1) is 11.2. The van der Waals surface area contributed by atoms with Crippen LogP contribution in [0.3, 0.4) is 0 Å². The van der Waals surface area contributed by atoms with Crippen LogP contribution >= 0.6 is 0 Å². The van der Waals surface area contributed by atoms with E-state index in [1.165, 1.54) is 12.1 Å². The zero-order valence-corrected chi connectivity index (χ0v) is 13.0. The summed E-state index contributed by atoms with van der Waals surface area (Å²) in [6.07, 6.45) is 8.11. The molecule has 1 unspecified atom stereocenters. The Morgan fingerprint density at radius 2 is 2.17 bits per heavy atom. The Morgan fingerprint density at radius 1 is 1.35 bits per heavy atom. The minimum atomic E-state index is -0.228. The maximum Gasteiger partial charge on any atom is 0.317 e. The van der Waals surface area contributed by atoms with Gasteiger partial charge in [-0.25, -0.2) is 14.2 Å². The lowest BCUT2D eigenvalue weighted by molar-refractivity contribution is 0.192. The van der Waals surface area contributed by atoms with Crippen molar-refractivity contribution in [1.29, 1.82) is 0 Å². The number of likely N-dealkylation sites (tertiary alicyclic amines) is 1. The van der Waals surface area contributed by atoms with Crippen molar-refractivity contribution < 1.29 is 9.18 Å². The fourth-order valence-electron chi connectivity index (χ4n) is 3.02. The van der Waals surface area contributed by atoms with Gasteiger partial charge in [0, 0.05) is 38.1 Å². The van der Waals surface area contributed by atoms with Gasteiger partial charge in [-0.1, -0.05) is 12.1 Å². The third-order valence-corrected chi connectivity index (χ3v) is 4.23. The summed E-state index contributed by atoms with van der Waals surface area (Å²) in [7, 11) is 0. The van der Waals surface area contributed by atoms with E-state index in [0.29, 0.717) is 13.1 Å². The zero-order valence-electron chi connectivity index (χ0n) is 13.0. The Morgan fingerprint density at radius 3 is 2.91 bits per heavy atom. The summed E-state index contributed by atoms with van der Waals surface area (Å²) in [6.45, 7) is 2.07. The molecule has 1 saturated heterocycles. The van der Waals surface area contributed by atoms with Crippen LogP contribution < -0.4 is 5.32 Å². The van der Waals surface area contributed by atoms with Crippen LogP contribution in [-0.2, 0) is 13.0 Å². The number of benzene rings is 1. The fourth-order valence-corrected chi connectivity index (χ4v) is 3.02. The number of hydrogen-bond acceptors (Lipinski definition) is 2. The molecule has 0 spiro atoms. The molecule has 1 aliphatic heterocycles. The number of aromatic nitrogens is 2. The van der Waals surface area contributed by atoms with E-state index < -0.39 is 0 Å². The summed E-state index contributed by atoms with van der Waals surface area (Å²) in [5.41, 5.74) is 1.06. The molecule has 2 amide bonds. The Hall–Kier alpha value is -2.37. The van der Waals surface area contributed by atoms with Gasteiger partial charge in [0.2, 0.25) is 0 Å². The second-order valence-corrected chi connectivity index (χ2v) is 5.85. The number of hydrogen-bond donors (Lipinski definition) is 1. The molecule has 1 aromatic carbocycles. The molecule has 0 bridgehead atoms. The molecule has 2 heterocycles. The van der Waals surface area contributed by atoms with Crippen molar-refractivity contribution in [1.82, 2.24) is 19.8 Å². The number of carbonyl (C=O) groups is 1. The Bertz CT molecular complexity index is 627. The summed E-state index contributed by atoms with van der Waals surface area (Å²) >= 11 is 0. The lowest BCUT2D eigenvalue weighted by Gasteiger charge is -2.25. The van der Waals surface area contributed by atoms with E-state index >= 15 is 0 Å². The van der Waals surface area contributed by atoms with Crippen molar-refractivity contribution in [3.63, 3.8) is 0 Å². The van der Waals surface area contributed by atoms with Crippen LogP contribution in [0.2, 0.25) is 0 Å². The van der Waals surface area contributed by atoms with Gasteiger partial charge >= 0.3 is 6.03 Å². The van der Waals surface area contributed by atoms with Gasteiger partial charge in [0.15, 0.2) is 0 Å². The van der Waals surface area contributed by atoms with Crippen LogP contribution in [0, 0.1) is 5.82 Å². The molecule has 1 aromatic heterocycles. The van der Waals surface area contributed by atoms with Gasteiger partial charge in [-0.15, -0.1) is 0 Å². The maximum absolute atomic E-state index is 13.0. The number of rotatable bonds is 5. The van der Waals surface area contributed by atoms with Gasteiger partial charge in [0.25, 0.3) is 0 Å². The van der Waals surface area contributed by atoms with Crippen molar-refractivity contribution in [3.05, 3.63) is 54.4 Å². The number of halogens is 1. The van der Waals surface area contributed by atoms with Gasteiger partial charge in [0.05, 0.1) is 6.33 Å². The molecule has 0 saturated carbocycles. The predicted octanol–water partition coefficient (Wildman–Crippen LogP) is 2.44. The van der Waals surface area contributed by atoms with Crippen LogP contribution in [0.15, 0.2) is 43.0 Å². The molecule has 6 heteroatoms. The van der Waals surface area contributed by atoms with E-state index in [0.717, 1.165) is 31.4 Å². The van der Waals surface area contributed by atoms with Gasteiger partial charge in [-0.2, -0.15) is 0 Å². The van der Waals surface area contributed by atoms with Gasteiger partial charge in [-0.05, 0) is 37.0 Å². The van der Waals surface area contributed by atoms with Crippen LogP contribution in [0.4, 0.5) is 9.18 Å². The summed E-state index contributed by atoms with van der Waals surface area (Å²) < 4.78 is 14.9. The predicted molar refractivity (Wildman–Crippen MR) is 85.5 cm³/mol. The number of amides is 2. The first-order valence-electron chi connectivity index (χ1n) is 7.97. The van der Waals surface area contributed by atoms with E-state index in [1.807, 2.05) is 15.7 Å². The van der Waals surface area contributed by atoms with Gasteiger partial charge in [-0.3, -0.25) is 0 Å². The first kappa shape index (κ1) is 15.5. The van der Waals surface area contributed by atoms with Crippen molar-refractivity contribution >= 4 is 6.03 Å².